The molecule has 5 nitrogen and oxygen atoms in total. The van der Waals surface area contributed by atoms with E-state index < -0.39 is 0 Å². The van der Waals surface area contributed by atoms with E-state index >= 15 is 0 Å². The number of rotatable bonds is 8. The second-order valence-electron chi connectivity index (χ2n) is 4.88. The topological polar surface area (TPSA) is 67.4 Å². The lowest BCUT2D eigenvalue weighted by Crippen LogP contribution is -2.41. The first-order valence-corrected chi connectivity index (χ1v) is 8.66. The molecule has 6 heteroatoms. The smallest absolute Gasteiger partial charge is 0.273 e. The van der Waals surface area contributed by atoms with Crippen molar-refractivity contribution < 1.29 is 14.3 Å². The average molecular weight is 324 g/mol. The molecule has 0 saturated heterocycles. The molecule has 2 N–H and O–H groups in total. The molecule has 0 aromatic heterocycles. The number of nitrogens with one attached hydrogen (secondary N) is 2. The zero-order valence-electron chi connectivity index (χ0n) is 13.4. The van der Waals surface area contributed by atoms with Crippen molar-refractivity contribution >= 4 is 23.6 Å². The van der Waals surface area contributed by atoms with Gasteiger partial charge < -0.3 is 4.74 Å². The molecule has 0 radical (unpaired) electrons. The van der Waals surface area contributed by atoms with Crippen LogP contribution in [-0.2, 0) is 4.79 Å². The SMILES string of the molecule is CCCCCCC(=O)NNC(=O)c1ccc(SC)cc1OC. The normalized spacial score (nSPS) is 10.1. The van der Waals surface area contributed by atoms with Crippen LogP contribution in [0, 0.1) is 0 Å². The van der Waals surface area contributed by atoms with Gasteiger partial charge in [0.25, 0.3) is 5.91 Å². The van der Waals surface area contributed by atoms with E-state index in [2.05, 4.69) is 17.8 Å². The van der Waals surface area contributed by atoms with Crippen molar-refractivity contribution in [2.75, 3.05) is 13.4 Å². The summed E-state index contributed by atoms with van der Waals surface area (Å²) in [6.45, 7) is 2.12. The van der Waals surface area contributed by atoms with Gasteiger partial charge in [0.2, 0.25) is 5.91 Å². The van der Waals surface area contributed by atoms with Crippen molar-refractivity contribution in [2.45, 2.75) is 43.9 Å². The van der Waals surface area contributed by atoms with Crippen molar-refractivity contribution in [3.63, 3.8) is 0 Å². The Balaban J connectivity index is 2.50. The molecule has 1 aromatic carbocycles. The molecular formula is C16H24N2O3S. The molecular weight excluding hydrogens is 300 g/mol. The maximum atomic E-state index is 12.1. The highest BCUT2D eigenvalue weighted by Gasteiger charge is 2.13. The summed E-state index contributed by atoms with van der Waals surface area (Å²) in [7, 11) is 1.52. The molecule has 0 saturated carbocycles. The molecule has 122 valence electrons. The van der Waals surface area contributed by atoms with Crippen molar-refractivity contribution in [1.82, 2.24) is 10.9 Å². The van der Waals surface area contributed by atoms with Gasteiger partial charge in [-0.2, -0.15) is 0 Å². The predicted molar refractivity (Wildman–Crippen MR) is 89.1 cm³/mol. The maximum Gasteiger partial charge on any atom is 0.273 e. The summed E-state index contributed by atoms with van der Waals surface area (Å²) in [5, 5.41) is 0. The van der Waals surface area contributed by atoms with Gasteiger partial charge in [0.1, 0.15) is 5.75 Å². The average Bonchev–Trinajstić information content (AvgIpc) is 2.55. The summed E-state index contributed by atoms with van der Waals surface area (Å²) < 4.78 is 5.22. The Labute approximate surface area is 136 Å². The number of amides is 2. The highest BCUT2D eigenvalue weighted by molar-refractivity contribution is 7.98. The number of carbonyl (C=O) groups excluding carboxylic acids is 2. The number of hydrogen-bond donors (Lipinski definition) is 2. The number of carbonyl (C=O) groups is 2. The summed E-state index contributed by atoms with van der Waals surface area (Å²) in [5.41, 5.74) is 5.26. The quantitative estimate of drug-likeness (QED) is 0.438. The van der Waals surface area contributed by atoms with Gasteiger partial charge >= 0.3 is 0 Å². The molecule has 1 aromatic rings. The summed E-state index contributed by atoms with van der Waals surface area (Å²) in [6.07, 6.45) is 6.49. The minimum Gasteiger partial charge on any atom is -0.496 e. The van der Waals surface area contributed by atoms with Gasteiger partial charge in [-0.15, -0.1) is 11.8 Å². The van der Waals surface area contributed by atoms with Crippen molar-refractivity contribution in [3.8, 4) is 5.75 Å². The van der Waals surface area contributed by atoms with Crippen LogP contribution in [0.1, 0.15) is 49.4 Å². The van der Waals surface area contributed by atoms with E-state index in [0.29, 0.717) is 17.7 Å². The van der Waals surface area contributed by atoms with Crippen LogP contribution in [0.25, 0.3) is 0 Å². The molecule has 2 amide bonds. The summed E-state index contributed by atoms with van der Waals surface area (Å²) >= 11 is 1.57. The van der Waals surface area contributed by atoms with Crippen molar-refractivity contribution in [1.29, 1.82) is 0 Å². The van der Waals surface area contributed by atoms with Crippen LogP contribution in [0.2, 0.25) is 0 Å². The molecule has 0 unspecified atom stereocenters. The van der Waals surface area contributed by atoms with E-state index in [1.54, 1.807) is 23.9 Å². The fourth-order valence-electron chi connectivity index (χ4n) is 1.95. The second-order valence-corrected chi connectivity index (χ2v) is 5.76. The van der Waals surface area contributed by atoms with E-state index in [1.165, 1.54) is 7.11 Å². The zero-order valence-corrected chi connectivity index (χ0v) is 14.2. The Kier molecular flexibility index (Phi) is 8.43. The third-order valence-corrected chi connectivity index (χ3v) is 3.95. The van der Waals surface area contributed by atoms with Crippen molar-refractivity contribution in [2.24, 2.45) is 0 Å². The fourth-order valence-corrected chi connectivity index (χ4v) is 2.38. The Morgan fingerprint density at radius 2 is 1.95 bits per heavy atom. The van der Waals surface area contributed by atoms with Crippen LogP contribution < -0.4 is 15.6 Å². The van der Waals surface area contributed by atoms with Crippen molar-refractivity contribution in [3.05, 3.63) is 23.8 Å². The van der Waals surface area contributed by atoms with Gasteiger partial charge in [-0.3, -0.25) is 20.4 Å². The van der Waals surface area contributed by atoms with E-state index in [9.17, 15) is 9.59 Å². The number of hydrazine groups is 1. The fraction of sp³-hybridized carbons (Fsp3) is 0.500. The summed E-state index contributed by atoms with van der Waals surface area (Å²) in [4.78, 5) is 24.7. The predicted octanol–water partition coefficient (Wildman–Crippen LogP) is 3.15. The summed E-state index contributed by atoms with van der Waals surface area (Å²) in [5.74, 6) is -0.0721. The van der Waals surface area contributed by atoms with Gasteiger partial charge in [0.15, 0.2) is 0 Å². The van der Waals surface area contributed by atoms with Crippen LogP contribution in [-0.4, -0.2) is 25.2 Å². The van der Waals surface area contributed by atoms with Gasteiger partial charge in [0.05, 0.1) is 12.7 Å². The Bertz CT molecular complexity index is 506. The molecule has 0 spiro atoms. The lowest BCUT2D eigenvalue weighted by molar-refractivity contribution is -0.122. The van der Waals surface area contributed by atoms with Gasteiger partial charge in [-0.05, 0) is 30.9 Å². The molecule has 0 bridgehead atoms. The highest BCUT2D eigenvalue weighted by atomic mass is 32.2. The Hall–Kier alpha value is -1.69. The first-order valence-electron chi connectivity index (χ1n) is 7.43. The van der Waals surface area contributed by atoms with E-state index in [-0.39, 0.29) is 11.8 Å². The molecule has 0 aliphatic rings. The molecule has 0 aliphatic carbocycles. The van der Waals surface area contributed by atoms with Crippen LogP contribution in [0.5, 0.6) is 5.75 Å². The maximum absolute atomic E-state index is 12.1. The van der Waals surface area contributed by atoms with E-state index in [4.69, 9.17) is 4.74 Å². The molecule has 0 heterocycles. The van der Waals surface area contributed by atoms with Crippen LogP contribution in [0.15, 0.2) is 23.1 Å². The largest absolute Gasteiger partial charge is 0.496 e. The Morgan fingerprint density at radius 3 is 2.59 bits per heavy atom. The first-order chi connectivity index (χ1) is 10.6. The molecule has 0 fully saturated rings. The Morgan fingerprint density at radius 1 is 1.18 bits per heavy atom. The number of hydrogen-bond acceptors (Lipinski definition) is 4. The number of thioether (sulfide) groups is 1. The lowest BCUT2D eigenvalue weighted by atomic mass is 10.1. The van der Waals surface area contributed by atoms with Crippen LogP contribution in [0.4, 0.5) is 0 Å². The van der Waals surface area contributed by atoms with Gasteiger partial charge in [-0.25, -0.2) is 0 Å². The van der Waals surface area contributed by atoms with Gasteiger partial charge in [0, 0.05) is 11.3 Å². The summed E-state index contributed by atoms with van der Waals surface area (Å²) in [6, 6.07) is 5.33. The van der Waals surface area contributed by atoms with Crippen LogP contribution in [0.3, 0.4) is 0 Å². The minimum atomic E-state index is -0.383. The third kappa shape index (κ3) is 5.97. The number of methoxy groups -OCH3 is 1. The molecule has 22 heavy (non-hydrogen) atoms. The lowest BCUT2D eigenvalue weighted by Gasteiger charge is -2.11. The van der Waals surface area contributed by atoms with E-state index in [1.807, 2.05) is 12.3 Å². The number of unbranched alkanes of at least 4 members (excludes halogenated alkanes) is 3. The number of ether oxygens (including phenoxy) is 1. The standard InChI is InChI=1S/C16H24N2O3S/c1-4-5-6-7-8-15(19)17-18-16(20)13-10-9-12(22-3)11-14(13)21-2/h9-11H,4-8H2,1-3H3,(H,17,19)(H,18,20). The monoisotopic (exact) mass is 324 g/mol. The number of benzene rings is 1. The minimum absolute atomic E-state index is 0.177. The first kappa shape index (κ1) is 18.4. The highest BCUT2D eigenvalue weighted by Crippen LogP contribution is 2.25. The third-order valence-electron chi connectivity index (χ3n) is 3.23. The molecule has 0 atom stereocenters. The molecule has 1 rings (SSSR count). The van der Waals surface area contributed by atoms with Gasteiger partial charge in [-0.1, -0.05) is 26.2 Å². The van der Waals surface area contributed by atoms with E-state index in [0.717, 1.165) is 30.6 Å². The molecule has 0 aliphatic heterocycles. The zero-order chi connectivity index (χ0) is 16.4. The van der Waals surface area contributed by atoms with Crippen LogP contribution >= 0.6 is 11.8 Å². The second kappa shape index (κ2) is 10.1.